The van der Waals surface area contributed by atoms with E-state index in [2.05, 4.69) is 12.5 Å². The fraction of sp³-hybridized carbons (Fsp3) is 0.0513. The molecule has 0 atom stereocenters. The van der Waals surface area contributed by atoms with Gasteiger partial charge in [0.05, 0.1) is 58.3 Å². The maximum absolute atomic E-state index is 16.1. The molecular formula is C78H44F16N2O16S4. The lowest BCUT2D eigenvalue weighted by Gasteiger charge is -2.28. The molecule has 0 saturated carbocycles. The summed E-state index contributed by atoms with van der Waals surface area (Å²) in [6.07, 6.45) is 0. The van der Waals surface area contributed by atoms with Crippen LogP contribution >= 0.6 is 0 Å². The van der Waals surface area contributed by atoms with Gasteiger partial charge in [-0.25, -0.2) is 35.1 Å². The van der Waals surface area contributed by atoms with Crippen LogP contribution in [-0.2, 0) is 58.8 Å². The largest absolute Gasteiger partial charge is 0.451 e. The number of halogens is 16. The highest BCUT2D eigenvalue weighted by molar-refractivity contribution is 7.87. The van der Waals surface area contributed by atoms with Crippen molar-refractivity contribution in [3.05, 3.63) is 293 Å². The zero-order valence-corrected chi connectivity index (χ0v) is 61.6. The van der Waals surface area contributed by atoms with Crippen LogP contribution in [0.25, 0.3) is 43.8 Å². The van der Waals surface area contributed by atoms with Crippen molar-refractivity contribution in [2.24, 2.45) is 0 Å². The zero-order valence-electron chi connectivity index (χ0n) is 58.3. The SMILES string of the molecule is COS(=O)(=O)c1cc(Oc2c(F)c(F)c(-c3c(F)c(F)c(Oc4ccc(N(c5ccccc5)c5ccc(N(c6ccccc6)c6ccc(Oc7c(F)c(F)c(-c8c(F)c(F)c(Oc9cc(S(=O)(=O)OC)cc%10cc(S(=O)(=O)OC)ccc9%10)c(F)c8F)c(F)c7F)cc6)cc5)cc4)c(F)c3F)c(F)c2F)c2ccc(CS(=O)(=O)O)cc2c1. The number of para-hydroxylation sites is 2. The maximum Gasteiger partial charge on any atom is 0.296 e. The van der Waals surface area contributed by atoms with Crippen molar-refractivity contribution in [2.45, 2.75) is 20.4 Å². The Bertz CT molecular complexity index is 6540. The zero-order chi connectivity index (χ0) is 83.7. The molecule has 116 heavy (non-hydrogen) atoms. The molecule has 13 aromatic carbocycles. The van der Waals surface area contributed by atoms with E-state index in [1.54, 1.807) is 94.7 Å². The molecule has 0 bridgehead atoms. The van der Waals surface area contributed by atoms with Gasteiger partial charge < -0.3 is 28.7 Å². The van der Waals surface area contributed by atoms with Crippen molar-refractivity contribution >= 4 is 96.1 Å². The Hall–Kier alpha value is -12.3. The molecule has 0 unspecified atom stereocenters. The highest BCUT2D eigenvalue weighted by Crippen LogP contribution is 2.49. The van der Waals surface area contributed by atoms with Crippen LogP contribution in [0.1, 0.15) is 5.56 Å². The van der Waals surface area contributed by atoms with Crippen LogP contribution in [0.3, 0.4) is 0 Å². The van der Waals surface area contributed by atoms with Gasteiger partial charge in [0.15, 0.2) is 46.5 Å². The van der Waals surface area contributed by atoms with Crippen molar-refractivity contribution in [3.63, 3.8) is 0 Å². The van der Waals surface area contributed by atoms with Gasteiger partial charge in [0.2, 0.25) is 69.5 Å². The number of benzene rings is 13. The number of hydrogen-bond donors (Lipinski definition) is 1. The van der Waals surface area contributed by atoms with Crippen LogP contribution in [0, 0.1) is 93.1 Å². The van der Waals surface area contributed by atoms with Gasteiger partial charge in [-0.3, -0.25) is 17.1 Å². The average Bonchev–Trinajstić information content (AvgIpc) is 0.876. The Balaban J connectivity index is 0.754. The van der Waals surface area contributed by atoms with Crippen LogP contribution in [0.15, 0.2) is 209 Å². The second kappa shape index (κ2) is 31.5. The van der Waals surface area contributed by atoms with E-state index in [0.717, 1.165) is 79.9 Å². The van der Waals surface area contributed by atoms with E-state index in [4.69, 9.17) is 18.9 Å². The van der Waals surface area contributed by atoms with Crippen LogP contribution in [0.4, 0.5) is 104 Å². The molecule has 0 aliphatic heterocycles. The van der Waals surface area contributed by atoms with Crippen LogP contribution in [0.5, 0.6) is 46.0 Å². The lowest BCUT2D eigenvalue weighted by Crippen LogP contribution is -2.12. The second-order valence-corrected chi connectivity index (χ2v) is 31.1. The summed E-state index contributed by atoms with van der Waals surface area (Å²) in [5, 5.41) is -1.31. The molecule has 0 radical (unpaired) electrons. The molecule has 0 spiro atoms. The molecule has 0 aromatic heterocycles. The second-order valence-electron chi connectivity index (χ2n) is 24.5. The first kappa shape index (κ1) is 81.7. The van der Waals surface area contributed by atoms with Gasteiger partial charge in [0.1, 0.15) is 28.8 Å². The number of anilines is 6. The Morgan fingerprint density at radius 2 is 0.543 bits per heavy atom. The summed E-state index contributed by atoms with van der Waals surface area (Å²) < 4.78 is 400. The molecule has 0 aliphatic carbocycles. The fourth-order valence-corrected chi connectivity index (χ4v) is 14.8. The van der Waals surface area contributed by atoms with Gasteiger partial charge in [0, 0.05) is 57.0 Å². The van der Waals surface area contributed by atoms with Gasteiger partial charge >= 0.3 is 0 Å². The van der Waals surface area contributed by atoms with E-state index in [1.165, 1.54) is 24.3 Å². The van der Waals surface area contributed by atoms with E-state index in [-0.39, 0.29) is 38.5 Å². The minimum absolute atomic E-state index is 0.173. The monoisotopic (exact) mass is 1700 g/mol. The summed E-state index contributed by atoms with van der Waals surface area (Å²) >= 11 is 0. The molecule has 13 aromatic rings. The molecule has 1 N–H and O–H groups in total. The van der Waals surface area contributed by atoms with Crippen LogP contribution in [-0.4, -0.2) is 59.6 Å². The normalized spacial score (nSPS) is 12.0. The van der Waals surface area contributed by atoms with E-state index < -0.39 is 222 Å². The molecule has 598 valence electrons. The third-order valence-corrected chi connectivity index (χ3v) is 22.0. The standard InChI is InChI=1S/C78H44F16N2O16S4/c1-106-114(100,101)48-27-29-52-39(31-48)33-50(116(104,105)108-3)35-54(52)112-78-73(93)65(85)58(66(86)74(78)94)56-61(81)69(89)76(70(90)62(56)82)110-47-25-21-45(22-26-47)96(41-12-8-5-9-13-41)43-17-15-42(16-18-43)95(40-10-6-4-7-11-40)44-19-23-46(24-20-44)109-75-67(87)59(79)55(60(80)68(75)88)57-63(83)71(91)77(72(92)64(57)84)111-53-34-49(115(102,103)107-2)32-38-30-37(14-28-51(38)53)36-113(97,98)99/h4-35H,36H2,1-3H3,(H,97,98,99). The highest BCUT2D eigenvalue weighted by Gasteiger charge is 2.39. The van der Waals surface area contributed by atoms with Gasteiger partial charge in [-0.2, -0.15) is 68.8 Å². The Morgan fingerprint density at radius 1 is 0.284 bits per heavy atom. The molecular weight excluding hydrogens is 1650 g/mol. The number of hydrogen-bond acceptors (Lipinski definition) is 17. The summed E-state index contributed by atoms with van der Waals surface area (Å²) in [5.74, 6) is -53.1. The predicted octanol–water partition coefficient (Wildman–Crippen LogP) is 21.1. The lowest BCUT2D eigenvalue weighted by atomic mass is 10.0. The quantitative estimate of drug-likeness (QED) is 0.0257. The number of ether oxygens (including phenoxy) is 4. The number of rotatable bonds is 24. The van der Waals surface area contributed by atoms with Crippen molar-refractivity contribution in [1.29, 1.82) is 0 Å². The first-order valence-electron chi connectivity index (χ1n) is 32.6. The van der Waals surface area contributed by atoms with Gasteiger partial charge in [0.25, 0.3) is 40.5 Å². The van der Waals surface area contributed by atoms with Gasteiger partial charge in [-0.05, 0) is 150 Å². The molecule has 0 saturated heterocycles. The van der Waals surface area contributed by atoms with Crippen LogP contribution < -0.4 is 28.7 Å². The van der Waals surface area contributed by atoms with E-state index in [1.807, 2.05) is 0 Å². The third kappa shape index (κ3) is 15.3. The van der Waals surface area contributed by atoms with E-state index in [0.29, 0.717) is 49.1 Å². The van der Waals surface area contributed by atoms with Gasteiger partial charge in [-0.1, -0.05) is 48.5 Å². The first-order valence-corrected chi connectivity index (χ1v) is 38.4. The summed E-state index contributed by atoms with van der Waals surface area (Å²) in [7, 11) is -16.5. The summed E-state index contributed by atoms with van der Waals surface area (Å²) in [6.45, 7) is 0. The van der Waals surface area contributed by atoms with E-state index in [9.17, 15) is 38.2 Å². The van der Waals surface area contributed by atoms with Gasteiger partial charge in [-0.15, -0.1) is 0 Å². The van der Waals surface area contributed by atoms with E-state index >= 15 is 70.2 Å². The average molecular weight is 1700 g/mol. The Kier molecular flexibility index (Phi) is 22.2. The van der Waals surface area contributed by atoms with Crippen LogP contribution in [0.2, 0.25) is 0 Å². The fourth-order valence-electron chi connectivity index (χ4n) is 12.1. The Morgan fingerprint density at radius 3 is 0.845 bits per heavy atom. The molecule has 0 aliphatic rings. The molecule has 0 heterocycles. The maximum atomic E-state index is 16.1. The molecule has 18 nitrogen and oxygen atoms in total. The summed E-state index contributed by atoms with van der Waals surface area (Å²) in [4.78, 5) is 0.983. The minimum atomic E-state index is -4.77. The first-order chi connectivity index (χ1) is 54.9. The van der Waals surface area contributed by atoms with Crippen molar-refractivity contribution in [3.8, 4) is 68.2 Å². The smallest absolute Gasteiger partial charge is 0.296 e. The van der Waals surface area contributed by atoms with Crippen molar-refractivity contribution < 1.29 is 140 Å². The minimum Gasteiger partial charge on any atom is -0.451 e. The van der Waals surface area contributed by atoms with Crippen molar-refractivity contribution in [2.75, 3.05) is 31.1 Å². The molecule has 38 heteroatoms. The molecule has 13 rings (SSSR count). The summed E-state index contributed by atoms with van der Waals surface area (Å²) in [6, 6.07) is 41.0. The highest BCUT2D eigenvalue weighted by atomic mass is 32.2. The Labute approximate surface area is 645 Å². The summed E-state index contributed by atoms with van der Waals surface area (Å²) in [5.41, 5.74) is -7.20. The third-order valence-electron chi connectivity index (χ3n) is 17.5. The molecule has 0 fully saturated rings. The lowest BCUT2D eigenvalue weighted by molar-refractivity contribution is 0.361. The van der Waals surface area contributed by atoms with Crippen molar-refractivity contribution in [1.82, 2.24) is 0 Å². The number of nitrogens with zero attached hydrogens (tertiary/aromatic N) is 2. The number of fused-ring (bicyclic) bond motifs is 2. The predicted molar refractivity (Wildman–Crippen MR) is 385 cm³/mol. The topological polar surface area (TPSA) is 228 Å². The molecule has 0 amide bonds.